The first-order valence-corrected chi connectivity index (χ1v) is 6.00. The van der Waals surface area contributed by atoms with E-state index in [1.165, 1.54) is 6.39 Å². The highest BCUT2D eigenvalue weighted by atomic mass is 16.4. The van der Waals surface area contributed by atoms with Gasteiger partial charge in [0, 0.05) is 18.3 Å². The number of aromatic nitrogens is 1. The Bertz CT molecular complexity index is 587. The van der Waals surface area contributed by atoms with Crippen molar-refractivity contribution in [2.45, 2.75) is 19.3 Å². The second-order valence-electron chi connectivity index (χ2n) is 4.83. The summed E-state index contributed by atoms with van der Waals surface area (Å²) in [6, 6.07) is 5.59. The number of fused-ring (bicyclic) bond motifs is 1. The van der Waals surface area contributed by atoms with Gasteiger partial charge in [0.05, 0.1) is 5.41 Å². The van der Waals surface area contributed by atoms with Crippen LogP contribution in [0.3, 0.4) is 0 Å². The average Bonchev–Trinajstić information content (AvgIpc) is 2.74. The normalized spacial score (nSPS) is 17.3. The Labute approximate surface area is 104 Å². The van der Waals surface area contributed by atoms with Gasteiger partial charge in [-0.25, -0.2) is 4.98 Å². The second kappa shape index (κ2) is 4.01. The van der Waals surface area contributed by atoms with Crippen molar-refractivity contribution in [1.82, 2.24) is 4.98 Å². The number of aliphatic carboxylic acids is 1. The predicted molar refractivity (Wildman–Crippen MR) is 66.4 cm³/mol. The molecule has 1 aromatic carbocycles. The Morgan fingerprint density at radius 3 is 3.00 bits per heavy atom. The molecule has 1 aliphatic carbocycles. The lowest BCUT2D eigenvalue weighted by atomic mass is 9.69. The maximum absolute atomic E-state index is 11.2. The summed E-state index contributed by atoms with van der Waals surface area (Å²) in [5.74, 6) is -0.706. The summed E-state index contributed by atoms with van der Waals surface area (Å²) < 4.78 is 5.21. The molecule has 0 saturated heterocycles. The molecule has 1 fully saturated rings. The van der Waals surface area contributed by atoms with Gasteiger partial charge in [0.1, 0.15) is 5.52 Å². The fourth-order valence-electron chi connectivity index (χ4n) is 2.31. The summed E-state index contributed by atoms with van der Waals surface area (Å²) in [4.78, 5) is 15.3. The fraction of sp³-hybridized carbons (Fsp3) is 0.385. The van der Waals surface area contributed by atoms with Gasteiger partial charge in [-0.05, 0) is 25.0 Å². The van der Waals surface area contributed by atoms with Crippen LogP contribution in [0.1, 0.15) is 19.3 Å². The van der Waals surface area contributed by atoms with Crippen molar-refractivity contribution >= 4 is 22.8 Å². The smallest absolute Gasteiger partial charge is 0.311 e. The molecular formula is C13H14N2O3. The zero-order chi connectivity index (χ0) is 12.6. The maximum Gasteiger partial charge on any atom is 0.311 e. The highest BCUT2D eigenvalue weighted by Gasteiger charge is 2.44. The molecule has 0 spiro atoms. The van der Waals surface area contributed by atoms with Crippen LogP contribution in [-0.4, -0.2) is 22.6 Å². The van der Waals surface area contributed by atoms with Crippen LogP contribution in [0.2, 0.25) is 0 Å². The Morgan fingerprint density at radius 1 is 1.50 bits per heavy atom. The zero-order valence-electron chi connectivity index (χ0n) is 9.85. The van der Waals surface area contributed by atoms with Gasteiger partial charge in [0.15, 0.2) is 12.0 Å². The van der Waals surface area contributed by atoms with E-state index in [4.69, 9.17) is 4.42 Å². The number of benzene rings is 1. The van der Waals surface area contributed by atoms with E-state index in [2.05, 4.69) is 10.3 Å². The number of hydrogen-bond donors (Lipinski definition) is 2. The summed E-state index contributed by atoms with van der Waals surface area (Å²) in [5.41, 5.74) is 1.79. The molecule has 2 N–H and O–H groups in total. The predicted octanol–water partition coefficient (Wildman–Crippen LogP) is 2.49. The summed E-state index contributed by atoms with van der Waals surface area (Å²) in [7, 11) is 0. The van der Waals surface area contributed by atoms with Crippen LogP contribution in [0.25, 0.3) is 11.1 Å². The number of nitrogens with one attached hydrogen (secondary N) is 1. The minimum atomic E-state index is -0.706. The summed E-state index contributed by atoms with van der Waals surface area (Å²) in [6.07, 6.45) is 3.90. The number of nitrogens with zero attached hydrogens (tertiary/aromatic N) is 1. The van der Waals surface area contributed by atoms with E-state index < -0.39 is 11.4 Å². The van der Waals surface area contributed by atoms with E-state index in [9.17, 15) is 9.90 Å². The molecule has 94 valence electrons. The molecular weight excluding hydrogens is 232 g/mol. The molecule has 0 amide bonds. The van der Waals surface area contributed by atoms with Gasteiger partial charge in [0.25, 0.3) is 0 Å². The number of oxazole rings is 1. The number of carboxylic acids is 1. The minimum Gasteiger partial charge on any atom is -0.481 e. The topological polar surface area (TPSA) is 75.4 Å². The Kier molecular flexibility index (Phi) is 2.47. The van der Waals surface area contributed by atoms with Gasteiger partial charge in [0.2, 0.25) is 0 Å². The van der Waals surface area contributed by atoms with E-state index in [1.807, 2.05) is 18.2 Å². The Balaban J connectivity index is 1.74. The molecule has 0 aliphatic heterocycles. The Hall–Kier alpha value is -2.04. The van der Waals surface area contributed by atoms with Gasteiger partial charge in [-0.2, -0.15) is 0 Å². The third-order valence-corrected chi connectivity index (χ3v) is 3.73. The molecule has 1 heterocycles. The molecule has 0 unspecified atom stereocenters. The van der Waals surface area contributed by atoms with Gasteiger partial charge < -0.3 is 14.8 Å². The van der Waals surface area contributed by atoms with Crippen molar-refractivity contribution in [1.29, 1.82) is 0 Å². The number of hydrogen-bond acceptors (Lipinski definition) is 4. The highest BCUT2D eigenvalue weighted by Crippen LogP contribution is 2.41. The monoisotopic (exact) mass is 246 g/mol. The number of anilines is 1. The first-order valence-electron chi connectivity index (χ1n) is 6.00. The maximum atomic E-state index is 11.2. The van der Waals surface area contributed by atoms with Gasteiger partial charge >= 0.3 is 5.97 Å². The molecule has 1 aliphatic rings. The quantitative estimate of drug-likeness (QED) is 0.866. The van der Waals surface area contributed by atoms with Crippen molar-refractivity contribution in [3.63, 3.8) is 0 Å². The van der Waals surface area contributed by atoms with Crippen molar-refractivity contribution < 1.29 is 14.3 Å². The third-order valence-electron chi connectivity index (χ3n) is 3.73. The van der Waals surface area contributed by atoms with Crippen LogP contribution in [0.5, 0.6) is 0 Å². The molecule has 0 atom stereocenters. The van der Waals surface area contributed by atoms with Crippen molar-refractivity contribution in [3.8, 4) is 0 Å². The highest BCUT2D eigenvalue weighted by molar-refractivity contribution is 5.78. The van der Waals surface area contributed by atoms with Crippen molar-refractivity contribution in [2.24, 2.45) is 5.41 Å². The first kappa shape index (κ1) is 11.1. The van der Waals surface area contributed by atoms with Crippen LogP contribution in [-0.2, 0) is 4.79 Å². The van der Waals surface area contributed by atoms with Crippen LogP contribution in [0, 0.1) is 5.41 Å². The largest absolute Gasteiger partial charge is 0.481 e. The average molecular weight is 246 g/mol. The third kappa shape index (κ3) is 1.72. The number of rotatable bonds is 4. The summed E-state index contributed by atoms with van der Waals surface area (Å²) in [5, 5.41) is 12.4. The number of carbonyl (C=O) groups is 1. The molecule has 1 aromatic heterocycles. The van der Waals surface area contributed by atoms with Crippen LogP contribution < -0.4 is 5.32 Å². The number of carboxylic acid groups (broad SMARTS) is 1. The molecule has 3 rings (SSSR count). The molecule has 0 radical (unpaired) electrons. The fourth-order valence-corrected chi connectivity index (χ4v) is 2.31. The lowest BCUT2D eigenvalue weighted by Gasteiger charge is -2.37. The van der Waals surface area contributed by atoms with Gasteiger partial charge in [-0.15, -0.1) is 0 Å². The van der Waals surface area contributed by atoms with Crippen LogP contribution in [0.4, 0.5) is 5.69 Å². The van der Waals surface area contributed by atoms with Gasteiger partial charge in [-0.3, -0.25) is 4.79 Å². The molecule has 1 saturated carbocycles. The van der Waals surface area contributed by atoms with E-state index >= 15 is 0 Å². The summed E-state index contributed by atoms with van der Waals surface area (Å²) >= 11 is 0. The van der Waals surface area contributed by atoms with Crippen molar-refractivity contribution in [2.75, 3.05) is 11.9 Å². The Morgan fingerprint density at radius 2 is 2.33 bits per heavy atom. The van der Waals surface area contributed by atoms with Gasteiger partial charge in [-0.1, -0.05) is 6.42 Å². The lowest BCUT2D eigenvalue weighted by molar-refractivity contribution is -0.153. The van der Waals surface area contributed by atoms with E-state index in [0.717, 1.165) is 30.5 Å². The second-order valence-corrected chi connectivity index (χ2v) is 4.83. The molecule has 5 heteroatoms. The molecule has 5 nitrogen and oxygen atoms in total. The molecule has 0 bridgehead atoms. The van der Waals surface area contributed by atoms with Crippen molar-refractivity contribution in [3.05, 3.63) is 24.6 Å². The van der Waals surface area contributed by atoms with E-state index in [1.54, 1.807) is 0 Å². The summed E-state index contributed by atoms with van der Waals surface area (Å²) in [6.45, 7) is 0.460. The zero-order valence-corrected chi connectivity index (χ0v) is 9.85. The minimum absolute atomic E-state index is 0.460. The SMILES string of the molecule is O=C(O)C1(CNc2ccc3ncoc3c2)CCC1. The first-order chi connectivity index (χ1) is 8.70. The van der Waals surface area contributed by atoms with E-state index in [0.29, 0.717) is 12.1 Å². The standard InChI is InChI=1S/C13H14N2O3/c16-12(17)13(4-1-5-13)7-14-9-2-3-10-11(6-9)18-8-15-10/h2-3,6,8,14H,1,4-5,7H2,(H,16,17). The van der Waals surface area contributed by atoms with Crippen LogP contribution in [0.15, 0.2) is 29.0 Å². The molecule has 2 aromatic rings. The van der Waals surface area contributed by atoms with Crippen LogP contribution >= 0.6 is 0 Å². The molecule has 18 heavy (non-hydrogen) atoms. The van der Waals surface area contributed by atoms with E-state index in [-0.39, 0.29) is 0 Å². The lowest BCUT2D eigenvalue weighted by Crippen LogP contribution is -2.43.